The number of rotatable bonds is 5. The second kappa shape index (κ2) is 11.9. The van der Waals surface area contributed by atoms with Gasteiger partial charge in [-0.2, -0.15) is 0 Å². The van der Waals surface area contributed by atoms with Crippen molar-refractivity contribution in [2.75, 3.05) is 0 Å². The molecule has 3 aliphatic rings. The van der Waals surface area contributed by atoms with Gasteiger partial charge in [-0.05, 0) is 68.8 Å². The molecule has 1 aromatic heterocycles. The third-order valence-electron chi connectivity index (χ3n) is 10.9. The van der Waals surface area contributed by atoms with Crippen LogP contribution in [0.1, 0.15) is 42.3 Å². The van der Waals surface area contributed by atoms with Crippen LogP contribution in [-0.2, 0) is 5.41 Å². The maximum Gasteiger partial charge on any atom is 0.164 e. The highest BCUT2D eigenvalue weighted by molar-refractivity contribution is 5.83. The van der Waals surface area contributed by atoms with E-state index in [-0.39, 0.29) is 17.4 Å². The van der Waals surface area contributed by atoms with E-state index in [2.05, 4.69) is 159 Å². The third kappa shape index (κ3) is 4.94. The number of fused-ring (bicyclic) bond motifs is 6. The summed E-state index contributed by atoms with van der Waals surface area (Å²) < 4.78 is 6.76. The van der Waals surface area contributed by atoms with Crippen LogP contribution in [0.5, 0.6) is 5.75 Å². The van der Waals surface area contributed by atoms with Crippen LogP contribution in [0, 0.1) is 0 Å². The lowest BCUT2D eigenvalue weighted by Crippen LogP contribution is -2.23. The van der Waals surface area contributed by atoms with E-state index in [4.69, 9.17) is 19.7 Å². The monoisotopic (exact) mass is 669 g/mol. The fraction of sp³-hybridized carbons (Fsp3) is 0.104. The van der Waals surface area contributed by atoms with Gasteiger partial charge in [-0.15, -0.1) is 0 Å². The Hall–Kier alpha value is -6.39. The third-order valence-corrected chi connectivity index (χ3v) is 10.9. The highest BCUT2D eigenvalue weighted by Gasteiger charge is 2.39. The fourth-order valence-corrected chi connectivity index (χ4v) is 8.21. The normalized spacial score (nSPS) is 17.4. The van der Waals surface area contributed by atoms with Gasteiger partial charge in [0.25, 0.3) is 0 Å². The lowest BCUT2D eigenvalue weighted by atomic mass is 9.82. The van der Waals surface area contributed by atoms with E-state index in [0.717, 1.165) is 22.4 Å². The minimum atomic E-state index is -0.252. The van der Waals surface area contributed by atoms with Gasteiger partial charge in [0.05, 0.1) is 0 Å². The van der Waals surface area contributed by atoms with Gasteiger partial charge in [-0.3, -0.25) is 0 Å². The van der Waals surface area contributed by atoms with Crippen molar-refractivity contribution in [2.45, 2.75) is 31.3 Å². The van der Waals surface area contributed by atoms with Crippen molar-refractivity contribution < 1.29 is 4.74 Å². The first-order valence-corrected chi connectivity index (χ1v) is 17.9. The minimum Gasteiger partial charge on any atom is -0.484 e. The molecule has 0 spiro atoms. The van der Waals surface area contributed by atoms with Crippen molar-refractivity contribution in [3.63, 3.8) is 0 Å². The summed E-state index contributed by atoms with van der Waals surface area (Å²) in [6, 6.07) is 51.4. The summed E-state index contributed by atoms with van der Waals surface area (Å²) in [7, 11) is 0. The van der Waals surface area contributed by atoms with Crippen LogP contribution in [0.4, 0.5) is 0 Å². The molecular weight excluding hydrogens is 635 g/mol. The standard InChI is InChI=1S/C48H35N3O/c1-48(2)41-22-10-9-19-36(41)37-25-23-35(29-42(37)48)46-49-45(31-15-7-4-8-16-31)50-47(51-46)39-21-12-20-38-40-28-34(24-26-43(40)52-44(38)39)33-18-11-17-32(27-33)30-13-5-3-6-14-30/h3-29,38,44H,1-2H3. The molecule has 10 rings (SSSR count). The van der Waals surface area contributed by atoms with Crippen molar-refractivity contribution in [3.8, 4) is 61.9 Å². The molecule has 2 aliphatic carbocycles. The molecule has 0 fully saturated rings. The van der Waals surface area contributed by atoms with Gasteiger partial charge in [0.2, 0.25) is 0 Å². The van der Waals surface area contributed by atoms with Crippen molar-refractivity contribution >= 4 is 5.57 Å². The summed E-state index contributed by atoms with van der Waals surface area (Å²) in [4.78, 5) is 15.4. The average Bonchev–Trinajstić information content (AvgIpc) is 3.70. The highest BCUT2D eigenvalue weighted by atomic mass is 16.5. The molecule has 4 nitrogen and oxygen atoms in total. The molecule has 2 heterocycles. The van der Waals surface area contributed by atoms with Gasteiger partial charge in [0, 0.05) is 33.6 Å². The van der Waals surface area contributed by atoms with Crippen molar-refractivity contribution in [1.29, 1.82) is 0 Å². The number of allylic oxidation sites excluding steroid dienone is 2. The zero-order valence-corrected chi connectivity index (χ0v) is 29.0. The molecule has 0 saturated heterocycles. The van der Waals surface area contributed by atoms with Gasteiger partial charge >= 0.3 is 0 Å². The molecular formula is C48H35N3O. The number of ether oxygens (including phenoxy) is 1. The molecule has 1 aliphatic heterocycles. The summed E-state index contributed by atoms with van der Waals surface area (Å²) in [6.07, 6.45) is 6.22. The first kappa shape index (κ1) is 30.4. The van der Waals surface area contributed by atoms with E-state index in [1.165, 1.54) is 50.1 Å². The molecule has 0 radical (unpaired) electrons. The molecule has 0 N–H and O–H groups in total. The van der Waals surface area contributed by atoms with Crippen LogP contribution in [0.2, 0.25) is 0 Å². The Kier molecular flexibility index (Phi) is 6.94. The Morgan fingerprint density at radius 3 is 1.92 bits per heavy atom. The van der Waals surface area contributed by atoms with E-state index in [9.17, 15) is 0 Å². The van der Waals surface area contributed by atoms with Crippen LogP contribution in [-0.4, -0.2) is 21.1 Å². The Balaban J connectivity index is 1.03. The topological polar surface area (TPSA) is 47.9 Å². The second-order valence-electron chi connectivity index (χ2n) is 14.4. The molecule has 4 heteroatoms. The minimum absolute atomic E-state index is 0.0342. The number of aromatic nitrogens is 3. The summed E-state index contributed by atoms with van der Waals surface area (Å²) in [5.74, 6) is 2.86. The van der Waals surface area contributed by atoms with E-state index in [1.807, 2.05) is 18.2 Å². The zero-order chi connectivity index (χ0) is 34.8. The highest BCUT2D eigenvalue weighted by Crippen LogP contribution is 2.50. The van der Waals surface area contributed by atoms with E-state index in [0.29, 0.717) is 17.5 Å². The average molecular weight is 670 g/mol. The fourth-order valence-electron chi connectivity index (χ4n) is 8.21. The molecule has 6 aromatic carbocycles. The Morgan fingerprint density at radius 2 is 1.12 bits per heavy atom. The maximum atomic E-state index is 6.76. The zero-order valence-electron chi connectivity index (χ0n) is 29.0. The molecule has 0 saturated carbocycles. The number of nitrogens with zero attached hydrogens (tertiary/aromatic N) is 3. The molecule has 2 atom stereocenters. The molecule has 0 bridgehead atoms. The Morgan fingerprint density at radius 1 is 0.500 bits per heavy atom. The van der Waals surface area contributed by atoms with E-state index in [1.54, 1.807) is 0 Å². The number of hydrogen-bond acceptors (Lipinski definition) is 4. The van der Waals surface area contributed by atoms with E-state index >= 15 is 0 Å². The van der Waals surface area contributed by atoms with Crippen molar-refractivity contribution in [2.24, 2.45) is 0 Å². The Bertz CT molecular complexity index is 2590. The SMILES string of the molecule is CC1(C)c2ccccc2-c2ccc(-c3nc(C4=CC=CC5c6cc(-c7cccc(-c8ccccc8)c7)ccc6OC45)nc(-c4ccccc4)n3)cc21. The largest absolute Gasteiger partial charge is 0.484 e. The second-order valence-corrected chi connectivity index (χ2v) is 14.4. The van der Waals surface area contributed by atoms with Gasteiger partial charge in [0.15, 0.2) is 17.5 Å². The van der Waals surface area contributed by atoms with Gasteiger partial charge in [0.1, 0.15) is 11.9 Å². The molecule has 52 heavy (non-hydrogen) atoms. The summed E-state index contributed by atoms with van der Waals surface area (Å²) >= 11 is 0. The lowest BCUT2D eigenvalue weighted by Gasteiger charge is -2.23. The first-order valence-electron chi connectivity index (χ1n) is 17.9. The van der Waals surface area contributed by atoms with Crippen LogP contribution in [0.3, 0.4) is 0 Å². The smallest absolute Gasteiger partial charge is 0.164 e. The van der Waals surface area contributed by atoms with Gasteiger partial charge in [-0.25, -0.2) is 15.0 Å². The maximum absolute atomic E-state index is 6.76. The van der Waals surface area contributed by atoms with Gasteiger partial charge in [-0.1, -0.05) is 153 Å². The van der Waals surface area contributed by atoms with Crippen molar-refractivity contribution in [1.82, 2.24) is 15.0 Å². The molecule has 248 valence electrons. The summed E-state index contributed by atoms with van der Waals surface area (Å²) in [5, 5.41) is 0. The summed E-state index contributed by atoms with van der Waals surface area (Å²) in [5.41, 5.74) is 13.9. The predicted octanol–water partition coefficient (Wildman–Crippen LogP) is 11.3. The first-order chi connectivity index (χ1) is 25.5. The van der Waals surface area contributed by atoms with Crippen LogP contribution in [0.15, 0.2) is 164 Å². The lowest BCUT2D eigenvalue weighted by molar-refractivity contribution is 0.277. The van der Waals surface area contributed by atoms with Crippen LogP contribution >= 0.6 is 0 Å². The summed E-state index contributed by atoms with van der Waals surface area (Å²) in [6.45, 7) is 4.60. The predicted molar refractivity (Wildman–Crippen MR) is 210 cm³/mol. The number of benzene rings is 6. The Labute approximate surface area is 303 Å². The quantitative estimate of drug-likeness (QED) is 0.183. The van der Waals surface area contributed by atoms with E-state index < -0.39 is 0 Å². The molecule has 7 aromatic rings. The molecule has 2 unspecified atom stereocenters. The molecule has 0 amide bonds. The van der Waals surface area contributed by atoms with Crippen LogP contribution in [0.25, 0.3) is 61.7 Å². The number of hydrogen-bond donors (Lipinski definition) is 0. The van der Waals surface area contributed by atoms with Crippen molar-refractivity contribution in [3.05, 3.63) is 186 Å². The van der Waals surface area contributed by atoms with Crippen LogP contribution < -0.4 is 4.74 Å². The van der Waals surface area contributed by atoms with Gasteiger partial charge < -0.3 is 4.74 Å².